The molecular weight excluding hydrogens is 294 g/mol. The molecule has 1 aromatic carbocycles. The molecule has 1 N–H and O–H groups in total. The van der Waals surface area contributed by atoms with E-state index in [0.717, 1.165) is 19.3 Å². The molecule has 0 bridgehead atoms. The molecule has 23 heavy (non-hydrogen) atoms. The molecule has 122 valence electrons. The van der Waals surface area contributed by atoms with Crippen LogP contribution in [0.2, 0.25) is 0 Å². The van der Waals surface area contributed by atoms with Gasteiger partial charge in [0.15, 0.2) is 0 Å². The minimum atomic E-state index is -0.608. The van der Waals surface area contributed by atoms with Gasteiger partial charge in [-0.3, -0.25) is 4.79 Å². The minimum absolute atomic E-state index is 0.0449. The Bertz CT molecular complexity index is 780. The number of carbonyl (C=O) groups excluding carboxylic acids is 1. The fourth-order valence-electron chi connectivity index (χ4n) is 3.16. The summed E-state index contributed by atoms with van der Waals surface area (Å²) < 4.78 is 10.4. The van der Waals surface area contributed by atoms with E-state index in [9.17, 15) is 9.59 Å². The van der Waals surface area contributed by atoms with E-state index in [2.05, 4.69) is 12.2 Å². The molecule has 3 rings (SSSR count). The third-order valence-corrected chi connectivity index (χ3v) is 4.61. The van der Waals surface area contributed by atoms with Crippen LogP contribution in [-0.2, 0) is 0 Å². The standard InChI is InChI=1S/C18H21NO4/c1-11-5-3-4-6-15(11)19-17(20)14-10-12-9-13(22-2)7-8-16(12)23-18(14)21/h7-11,15H,3-6H2,1-2H3,(H,19,20). The quantitative estimate of drug-likeness (QED) is 0.884. The van der Waals surface area contributed by atoms with E-state index < -0.39 is 5.63 Å². The van der Waals surface area contributed by atoms with Crippen molar-refractivity contribution in [3.8, 4) is 5.75 Å². The van der Waals surface area contributed by atoms with E-state index in [1.165, 1.54) is 6.42 Å². The summed E-state index contributed by atoms with van der Waals surface area (Å²) in [4.78, 5) is 24.6. The van der Waals surface area contributed by atoms with Gasteiger partial charge >= 0.3 is 5.63 Å². The number of rotatable bonds is 3. The summed E-state index contributed by atoms with van der Waals surface area (Å²) in [5.41, 5.74) is -0.120. The van der Waals surface area contributed by atoms with Gasteiger partial charge in [-0.1, -0.05) is 19.8 Å². The SMILES string of the molecule is COc1ccc2oc(=O)c(C(=O)NC3CCCCC3C)cc2c1. The lowest BCUT2D eigenvalue weighted by Gasteiger charge is -2.29. The summed E-state index contributed by atoms with van der Waals surface area (Å²) in [6.45, 7) is 2.14. The van der Waals surface area contributed by atoms with Crippen molar-refractivity contribution in [2.75, 3.05) is 7.11 Å². The Balaban J connectivity index is 1.90. The van der Waals surface area contributed by atoms with Crippen molar-refractivity contribution in [1.29, 1.82) is 0 Å². The fraction of sp³-hybridized carbons (Fsp3) is 0.444. The Hall–Kier alpha value is -2.30. The van der Waals surface area contributed by atoms with Crippen molar-refractivity contribution in [1.82, 2.24) is 5.32 Å². The van der Waals surface area contributed by atoms with Crippen LogP contribution in [0, 0.1) is 5.92 Å². The Morgan fingerprint density at radius 2 is 2.04 bits per heavy atom. The zero-order chi connectivity index (χ0) is 16.4. The molecule has 1 aromatic heterocycles. The van der Waals surface area contributed by atoms with Gasteiger partial charge in [0.2, 0.25) is 0 Å². The van der Waals surface area contributed by atoms with Crippen LogP contribution in [0.5, 0.6) is 5.75 Å². The number of amides is 1. The largest absolute Gasteiger partial charge is 0.497 e. The monoisotopic (exact) mass is 315 g/mol. The molecule has 5 nitrogen and oxygen atoms in total. The van der Waals surface area contributed by atoms with Gasteiger partial charge in [0, 0.05) is 11.4 Å². The lowest BCUT2D eigenvalue weighted by Crippen LogP contribution is -2.42. The normalized spacial score (nSPS) is 21.1. The Morgan fingerprint density at radius 3 is 2.78 bits per heavy atom. The van der Waals surface area contributed by atoms with E-state index in [1.54, 1.807) is 31.4 Å². The molecule has 0 radical (unpaired) electrons. The summed E-state index contributed by atoms with van der Waals surface area (Å²) in [5, 5.41) is 3.66. The molecule has 0 spiro atoms. The zero-order valence-corrected chi connectivity index (χ0v) is 13.4. The van der Waals surface area contributed by atoms with Crippen LogP contribution in [0.1, 0.15) is 43.0 Å². The number of ether oxygens (including phenoxy) is 1. The predicted molar refractivity (Wildman–Crippen MR) is 87.9 cm³/mol. The first-order valence-electron chi connectivity index (χ1n) is 8.01. The molecule has 2 unspecified atom stereocenters. The second-order valence-corrected chi connectivity index (χ2v) is 6.19. The van der Waals surface area contributed by atoms with Crippen molar-refractivity contribution < 1.29 is 13.9 Å². The van der Waals surface area contributed by atoms with Crippen LogP contribution in [0.4, 0.5) is 0 Å². The third kappa shape index (κ3) is 3.23. The van der Waals surface area contributed by atoms with E-state index in [0.29, 0.717) is 22.6 Å². The molecule has 2 atom stereocenters. The van der Waals surface area contributed by atoms with E-state index >= 15 is 0 Å². The topological polar surface area (TPSA) is 68.5 Å². The number of benzene rings is 1. The first-order valence-corrected chi connectivity index (χ1v) is 8.01. The lowest BCUT2D eigenvalue weighted by molar-refractivity contribution is 0.0906. The average Bonchev–Trinajstić information content (AvgIpc) is 2.55. The van der Waals surface area contributed by atoms with Crippen molar-refractivity contribution in [3.05, 3.63) is 40.2 Å². The number of nitrogens with one attached hydrogen (secondary N) is 1. The molecule has 1 amide bonds. The highest BCUT2D eigenvalue weighted by Crippen LogP contribution is 2.24. The summed E-state index contributed by atoms with van der Waals surface area (Å²) in [6, 6.07) is 6.83. The van der Waals surface area contributed by atoms with Gasteiger partial charge in [-0.25, -0.2) is 4.79 Å². The molecule has 1 heterocycles. The highest BCUT2D eigenvalue weighted by molar-refractivity contribution is 5.97. The predicted octanol–water partition coefficient (Wildman–Crippen LogP) is 3.11. The smallest absolute Gasteiger partial charge is 0.349 e. The zero-order valence-electron chi connectivity index (χ0n) is 13.4. The third-order valence-electron chi connectivity index (χ3n) is 4.61. The van der Waals surface area contributed by atoms with Gasteiger partial charge < -0.3 is 14.5 Å². The van der Waals surface area contributed by atoms with Crippen molar-refractivity contribution in [2.45, 2.75) is 38.6 Å². The number of methoxy groups -OCH3 is 1. The number of fused-ring (bicyclic) bond motifs is 1. The molecule has 1 saturated carbocycles. The number of carbonyl (C=O) groups is 1. The Kier molecular flexibility index (Phi) is 4.37. The molecular formula is C18H21NO4. The second-order valence-electron chi connectivity index (χ2n) is 6.19. The van der Waals surface area contributed by atoms with Gasteiger partial charge in [-0.05, 0) is 43.0 Å². The first-order chi connectivity index (χ1) is 11.1. The van der Waals surface area contributed by atoms with Gasteiger partial charge in [-0.2, -0.15) is 0 Å². The fourth-order valence-corrected chi connectivity index (χ4v) is 3.16. The van der Waals surface area contributed by atoms with Gasteiger partial charge in [-0.15, -0.1) is 0 Å². The van der Waals surface area contributed by atoms with Gasteiger partial charge in [0.1, 0.15) is 16.9 Å². The molecule has 1 aliphatic carbocycles. The number of hydrogen-bond donors (Lipinski definition) is 1. The summed E-state index contributed by atoms with van der Waals surface area (Å²) in [5.74, 6) is 0.723. The van der Waals surface area contributed by atoms with Crippen LogP contribution in [-0.4, -0.2) is 19.1 Å². The van der Waals surface area contributed by atoms with Crippen molar-refractivity contribution in [2.24, 2.45) is 5.92 Å². The van der Waals surface area contributed by atoms with Crippen molar-refractivity contribution >= 4 is 16.9 Å². The average molecular weight is 315 g/mol. The second kappa shape index (κ2) is 6.44. The van der Waals surface area contributed by atoms with E-state index in [1.807, 2.05) is 0 Å². The minimum Gasteiger partial charge on any atom is -0.497 e. The van der Waals surface area contributed by atoms with Crippen LogP contribution in [0.15, 0.2) is 33.5 Å². The molecule has 2 aromatic rings. The van der Waals surface area contributed by atoms with Crippen LogP contribution < -0.4 is 15.7 Å². The maximum atomic E-state index is 12.5. The van der Waals surface area contributed by atoms with Crippen molar-refractivity contribution in [3.63, 3.8) is 0 Å². The first kappa shape index (κ1) is 15.6. The maximum absolute atomic E-state index is 12.5. The van der Waals surface area contributed by atoms with Gasteiger partial charge in [0.25, 0.3) is 5.91 Å². The van der Waals surface area contributed by atoms with E-state index in [4.69, 9.17) is 9.15 Å². The summed E-state index contributed by atoms with van der Waals surface area (Å²) in [7, 11) is 1.57. The number of hydrogen-bond acceptors (Lipinski definition) is 4. The highest BCUT2D eigenvalue weighted by Gasteiger charge is 2.24. The van der Waals surface area contributed by atoms with Crippen LogP contribution in [0.25, 0.3) is 11.0 Å². The maximum Gasteiger partial charge on any atom is 0.349 e. The highest BCUT2D eigenvalue weighted by atomic mass is 16.5. The molecule has 0 saturated heterocycles. The Labute approximate surface area is 134 Å². The summed E-state index contributed by atoms with van der Waals surface area (Å²) >= 11 is 0. The molecule has 0 aliphatic heterocycles. The van der Waals surface area contributed by atoms with E-state index in [-0.39, 0.29) is 17.5 Å². The summed E-state index contributed by atoms with van der Waals surface area (Å²) in [6.07, 6.45) is 4.37. The molecule has 1 fully saturated rings. The molecule has 5 heteroatoms. The lowest BCUT2D eigenvalue weighted by atomic mass is 9.86. The van der Waals surface area contributed by atoms with Gasteiger partial charge in [0.05, 0.1) is 7.11 Å². The van der Waals surface area contributed by atoms with Crippen LogP contribution in [0.3, 0.4) is 0 Å². The Morgan fingerprint density at radius 1 is 1.26 bits per heavy atom. The van der Waals surface area contributed by atoms with Crippen LogP contribution >= 0.6 is 0 Å². The molecule has 1 aliphatic rings.